The second kappa shape index (κ2) is 10.3. The van der Waals surface area contributed by atoms with Crippen LogP contribution in [0.1, 0.15) is 18.4 Å². The van der Waals surface area contributed by atoms with Crippen molar-refractivity contribution in [1.82, 2.24) is 4.98 Å². The van der Waals surface area contributed by atoms with Crippen LogP contribution in [0, 0.1) is 11.7 Å². The standard InChI is InChI=1S/C28H25FN2O3S/c29-23-11-9-21(10-12-23)20-7-5-19(6-8-20)17-34-26-4-2-1-3-24(26)25-18-35-28(30-25)31-15-13-22(14-16-31)27(32)33/h1-12,18,22H,13-17H2,(H,32,33). The first-order valence-corrected chi connectivity index (χ1v) is 12.4. The molecule has 35 heavy (non-hydrogen) atoms. The molecule has 7 heteroatoms. The molecule has 0 bridgehead atoms. The molecule has 1 fully saturated rings. The Labute approximate surface area is 207 Å². The van der Waals surface area contributed by atoms with E-state index in [1.54, 1.807) is 23.5 Å². The van der Waals surface area contributed by atoms with Crippen molar-refractivity contribution >= 4 is 22.4 Å². The molecule has 5 rings (SSSR count). The first kappa shape index (κ1) is 23.1. The van der Waals surface area contributed by atoms with Crippen LogP contribution in [0.3, 0.4) is 0 Å². The first-order chi connectivity index (χ1) is 17.1. The minimum absolute atomic E-state index is 0.243. The monoisotopic (exact) mass is 488 g/mol. The second-order valence-electron chi connectivity index (χ2n) is 8.60. The average Bonchev–Trinajstić information content (AvgIpc) is 3.39. The summed E-state index contributed by atoms with van der Waals surface area (Å²) in [5, 5.41) is 12.2. The number of para-hydroxylation sites is 1. The molecule has 4 aromatic rings. The van der Waals surface area contributed by atoms with Gasteiger partial charge < -0.3 is 14.7 Å². The van der Waals surface area contributed by atoms with E-state index in [-0.39, 0.29) is 11.7 Å². The molecule has 0 aliphatic carbocycles. The van der Waals surface area contributed by atoms with E-state index in [1.807, 2.05) is 53.9 Å². The van der Waals surface area contributed by atoms with E-state index >= 15 is 0 Å². The summed E-state index contributed by atoms with van der Waals surface area (Å²) in [6.07, 6.45) is 1.29. The number of nitrogens with zero attached hydrogens (tertiary/aromatic N) is 2. The van der Waals surface area contributed by atoms with Crippen molar-refractivity contribution in [1.29, 1.82) is 0 Å². The van der Waals surface area contributed by atoms with Gasteiger partial charge in [-0.1, -0.05) is 48.5 Å². The van der Waals surface area contributed by atoms with E-state index in [9.17, 15) is 14.3 Å². The highest BCUT2D eigenvalue weighted by atomic mass is 32.1. The number of carboxylic acids is 1. The fourth-order valence-electron chi connectivity index (χ4n) is 4.25. The number of aromatic nitrogens is 1. The topological polar surface area (TPSA) is 62.7 Å². The molecule has 0 unspecified atom stereocenters. The summed E-state index contributed by atoms with van der Waals surface area (Å²) in [7, 11) is 0. The third kappa shape index (κ3) is 5.35. The van der Waals surface area contributed by atoms with E-state index < -0.39 is 5.97 Å². The normalized spacial score (nSPS) is 14.1. The zero-order chi connectivity index (χ0) is 24.2. The fourth-order valence-corrected chi connectivity index (χ4v) is 5.13. The van der Waals surface area contributed by atoms with E-state index in [4.69, 9.17) is 9.72 Å². The molecule has 0 saturated carbocycles. The predicted octanol–water partition coefficient (Wildman–Crippen LogP) is 6.50. The molecule has 0 radical (unpaired) electrons. The molecule has 1 aromatic heterocycles. The highest BCUT2D eigenvalue weighted by Gasteiger charge is 2.26. The number of carboxylic acid groups (broad SMARTS) is 1. The first-order valence-electron chi connectivity index (χ1n) is 11.6. The molecule has 1 aliphatic rings. The van der Waals surface area contributed by atoms with Crippen LogP contribution in [0.2, 0.25) is 0 Å². The van der Waals surface area contributed by atoms with Crippen molar-refractivity contribution in [3.8, 4) is 28.1 Å². The summed E-state index contributed by atoms with van der Waals surface area (Å²) in [4.78, 5) is 18.2. The molecule has 1 saturated heterocycles. The number of ether oxygens (including phenoxy) is 1. The van der Waals surface area contributed by atoms with Gasteiger partial charge in [-0.25, -0.2) is 9.37 Å². The summed E-state index contributed by atoms with van der Waals surface area (Å²) in [6, 6.07) is 22.4. The number of carbonyl (C=O) groups is 1. The van der Waals surface area contributed by atoms with Gasteiger partial charge in [0.15, 0.2) is 5.13 Å². The number of halogens is 1. The van der Waals surface area contributed by atoms with Crippen LogP contribution in [0.4, 0.5) is 9.52 Å². The molecular weight excluding hydrogens is 463 g/mol. The van der Waals surface area contributed by atoms with Crippen LogP contribution in [0.5, 0.6) is 5.75 Å². The lowest BCUT2D eigenvalue weighted by Crippen LogP contribution is -2.36. The van der Waals surface area contributed by atoms with Gasteiger partial charge in [-0.05, 0) is 53.8 Å². The van der Waals surface area contributed by atoms with Crippen molar-refractivity contribution in [3.63, 3.8) is 0 Å². The Morgan fingerprint density at radius 2 is 1.66 bits per heavy atom. The van der Waals surface area contributed by atoms with Gasteiger partial charge in [0.2, 0.25) is 0 Å². The van der Waals surface area contributed by atoms with Crippen LogP contribution >= 0.6 is 11.3 Å². The van der Waals surface area contributed by atoms with Gasteiger partial charge in [0, 0.05) is 24.0 Å². The van der Waals surface area contributed by atoms with Gasteiger partial charge in [0.05, 0.1) is 11.6 Å². The second-order valence-corrected chi connectivity index (χ2v) is 9.44. The highest BCUT2D eigenvalue weighted by molar-refractivity contribution is 7.14. The molecule has 0 atom stereocenters. The molecule has 1 N–H and O–H groups in total. The van der Waals surface area contributed by atoms with Crippen LogP contribution in [0.25, 0.3) is 22.4 Å². The maximum absolute atomic E-state index is 13.2. The Morgan fingerprint density at radius 3 is 2.34 bits per heavy atom. The quantitative estimate of drug-likeness (QED) is 0.322. The minimum Gasteiger partial charge on any atom is -0.488 e. The number of hydrogen-bond acceptors (Lipinski definition) is 5. The van der Waals surface area contributed by atoms with Crippen molar-refractivity contribution < 1.29 is 19.0 Å². The number of hydrogen-bond donors (Lipinski definition) is 1. The number of benzene rings is 3. The van der Waals surface area contributed by atoms with Gasteiger partial charge in [0.1, 0.15) is 18.2 Å². The molecule has 0 amide bonds. The number of anilines is 1. The van der Waals surface area contributed by atoms with Crippen molar-refractivity contribution in [3.05, 3.63) is 89.6 Å². The van der Waals surface area contributed by atoms with Crippen LogP contribution < -0.4 is 9.64 Å². The van der Waals surface area contributed by atoms with Crippen LogP contribution in [0.15, 0.2) is 78.2 Å². The summed E-state index contributed by atoms with van der Waals surface area (Å²) in [6.45, 7) is 1.83. The van der Waals surface area contributed by atoms with E-state index in [0.29, 0.717) is 32.5 Å². The third-order valence-electron chi connectivity index (χ3n) is 6.30. The lowest BCUT2D eigenvalue weighted by atomic mass is 9.97. The molecule has 178 valence electrons. The van der Waals surface area contributed by atoms with Crippen LogP contribution in [-0.4, -0.2) is 29.1 Å². The number of rotatable bonds is 7. The van der Waals surface area contributed by atoms with E-state index in [2.05, 4.69) is 4.90 Å². The largest absolute Gasteiger partial charge is 0.488 e. The lowest BCUT2D eigenvalue weighted by molar-refractivity contribution is -0.142. The SMILES string of the molecule is O=C(O)C1CCN(c2nc(-c3ccccc3OCc3ccc(-c4ccc(F)cc4)cc3)cs2)CC1. The smallest absolute Gasteiger partial charge is 0.306 e. The molecular formula is C28H25FN2O3S. The summed E-state index contributed by atoms with van der Waals surface area (Å²) in [5.41, 5.74) is 4.81. The van der Waals surface area contributed by atoms with Gasteiger partial charge in [-0.15, -0.1) is 11.3 Å². The summed E-state index contributed by atoms with van der Waals surface area (Å²) < 4.78 is 19.3. The molecule has 1 aliphatic heterocycles. The zero-order valence-corrected chi connectivity index (χ0v) is 19.9. The Kier molecular flexibility index (Phi) is 6.77. The summed E-state index contributed by atoms with van der Waals surface area (Å²) in [5.74, 6) is -0.450. The van der Waals surface area contributed by atoms with Gasteiger partial charge in [-0.3, -0.25) is 4.79 Å². The molecule has 3 aromatic carbocycles. The lowest BCUT2D eigenvalue weighted by Gasteiger charge is -2.29. The van der Waals surface area contributed by atoms with Crippen LogP contribution in [-0.2, 0) is 11.4 Å². The van der Waals surface area contributed by atoms with Gasteiger partial charge in [-0.2, -0.15) is 0 Å². The predicted molar refractivity (Wildman–Crippen MR) is 136 cm³/mol. The molecule has 2 heterocycles. The Morgan fingerprint density at radius 1 is 1.00 bits per heavy atom. The van der Waals surface area contributed by atoms with E-state index in [1.165, 1.54) is 12.1 Å². The van der Waals surface area contributed by atoms with Gasteiger partial charge >= 0.3 is 5.97 Å². The maximum atomic E-state index is 13.2. The van der Waals surface area contributed by atoms with E-state index in [0.717, 1.165) is 38.8 Å². The van der Waals surface area contributed by atoms with Crippen molar-refractivity contribution in [2.75, 3.05) is 18.0 Å². The average molecular weight is 489 g/mol. The Balaban J connectivity index is 1.25. The van der Waals surface area contributed by atoms with Gasteiger partial charge in [0.25, 0.3) is 0 Å². The third-order valence-corrected chi connectivity index (χ3v) is 7.20. The number of thiazole rings is 1. The molecule has 0 spiro atoms. The summed E-state index contributed by atoms with van der Waals surface area (Å²) >= 11 is 1.57. The number of aliphatic carboxylic acids is 1. The Hall–Kier alpha value is -3.71. The molecule has 5 nitrogen and oxygen atoms in total. The Bertz CT molecular complexity index is 1300. The fraction of sp³-hybridized carbons (Fsp3) is 0.214. The van der Waals surface area contributed by atoms with Crippen molar-refractivity contribution in [2.24, 2.45) is 5.92 Å². The van der Waals surface area contributed by atoms with Crippen molar-refractivity contribution in [2.45, 2.75) is 19.4 Å². The highest BCUT2D eigenvalue weighted by Crippen LogP contribution is 2.35. The maximum Gasteiger partial charge on any atom is 0.306 e. The zero-order valence-electron chi connectivity index (χ0n) is 19.1. The number of piperidine rings is 1. The minimum atomic E-state index is -0.708.